The first-order chi connectivity index (χ1) is 8.19. The van der Waals surface area contributed by atoms with Crippen LogP contribution in [0.1, 0.15) is 11.1 Å². The number of hydrogen-bond acceptors (Lipinski definition) is 3. The highest BCUT2D eigenvalue weighted by atomic mass is 16.3. The maximum Gasteiger partial charge on any atom is 0.108 e. The molecule has 3 heteroatoms. The molecule has 0 heterocycles. The van der Waals surface area contributed by atoms with Crippen molar-refractivity contribution >= 4 is 17.1 Å². The summed E-state index contributed by atoms with van der Waals surface area (Å²) in [6, 6.07) is 13.3. The molecular weight excluding hydrogens is 212 g/mol. The second-order valence-corrected chi connectivity index (χ2v) is 4.08. The molecule has 0 saturated carbocycles. The van der Waals surface area contributed by atoms with Crippen molar-refractivity contribution in [2.75, 3.05) is 5.32 Å². The Balaban J connectivity index is 2.22. The molecule has 0 bridgehead atoms. The molecule has 2 aromatic carbocycles. The van der Waals surface area contributed by atoms with Gasteiger partial charge in [0.25, 0.3) is 0 Å². The van der Waals surface area contributed by atoms with Gasteiger partial charge in [-0.05, 0) is 54.9 Å². The van der Waals surface area contributed by atoms with E-state index in [2.05, 4.69) is 42.5 Å². The first-order valence-corrected chi connectivity index (χ1v) is 5.47. The lowest BCUT2D eigenvalue weighted by molar-refractivity contribution is 1.37. The van der Waals surface area contributed by atoms with Gasteiger partial charge in [0.2, 0.25) is 0 Å². The molecule has 0 atom stereocenters. The van der Waals surface area contributed by atoms with E-state index in [4.69, 9.17) is 0 Å². The van der Waals surface area contributed by atoms with Gasteiger partial charge in [0.05, 0.1) is 0 Å². The van der Waals surface area contributed by atoms with E-state index in [1.165, 1.54) is 11.1 Å². The zero-order chi connectivity index (χ0) is 12.3. The zero-order valence-electron chi connectivity index (χ0n) is 9.90. The molecule has 2 rings (SSSR count). The third kappa shape index (κ3) is 2.69. The number of nitroso groups, excluding NO2 is 1. The molecule has 0 aliphatic rings. The minimum Gasteiger partial charge on any atom is -0.355 e. The average Bonchev–Trinajstić information content (AvgIpc) is 2.34. The summed E-state index contributed by atoms with van der Waals surface area (Å²) in [4.78, 5) is 10.3. The molecule has 0 fully saturated rings. The van der Waals surface area contributed by atoms with Gasteiger partial charge in [-0.1, -0.05) is 17.7 Å². The molecule has 17 heavy (non-hydrogen) atoms. The molecule has 0 aromatic heterocycles. The molecule has 86 valence electrons. The highest BCUT2D eigenvalue weighted by Crippen LogP contribution is 2.23. The van der Waals surface area contributed by atoms with Crippen LogP contribution in [0.15, 0.2) is 47.6 Å². The van der Waals surface area contributed by atoms with E-state index in [1.807, 2.05) is 12.1 Å². The quantitative estimate of drug-likeness (QED) is 0.786. The normalized spacial score (nSPS) is 10.0. The Labute approximate surface area is 100 Å². The molecule has 0 aliphatic carbocycles. The Morgan fingerprint density at radius 1 is 1.00 bits per heavy atom. The van der Waals surface area contributed by atoms with Crippen molar-refractivity contribution in [3.05, 3.63) is 58.5 Å². The van der Waals surface area contributed by atoms with Gasteiger partial charge >= 0.3 is 0 Å². The van der Waals surface area contributed by atoms with Gasteiger partial charge in [0, 0.05) is 11.4 Å². The van der Waals surface area contributed by atoms with Crippen LogP contribution in [0, 0.1) is 18.8 Å². The lowest BCUT2D eigenvalue weighted by atomic mass is 10.1. The molecular formula is C14H14N2O. The molecule has 1 N–H and O–H groups in total. The van der Waals surface area contributed by atoms with E-state index >= 15 is 0 Å². The Kier molecular flexibility index (Phi) is 3.19. The van der Waals surface area contributed by atoms with E-state index in [-0.39, 0.29) is 0 Å². The summed E-state index contributed by atoms with van der Waals surface area (Å²) in [6.07, 6.45) is 0. The van der Waals surface area contributed by atoms with Crippen molar-refractivity contribution in [2.24, 2.45) is 5.18 Å². The SMILES string of the molecule is Cc1ccc(Nc2ccc(N=O)cc2)c(C)c1. The number of nitrogens with zero attached hydrogens (tertiary/aromatic N) is 1. The van der Waals surface area contributed by atoms with E-state index in [0.717, 1.165) is 11.4 Å². The molecule has 0 saturated heterocycles. The van der Waals surface area contributed by atoms with E-state index in [1.54, 1.807) is 12.1 Å². The third-order valence-electron chi connectivity index (χ3n) is 2.63. The van der Waals surface area contributed by atoms with Crippen molar-refractivity contribution in [3.8, 4) is 0 Å². The summed E-state index contributed by atoms with van der Waals surface area (Å²) in [5.41, 5.74) is 4.90. The van der Waals surface area contributed by atoms with Gasteiger partial charge in [-0.2, -0.15) is 0 Å². The van der Waals surface area contributed by atoms with Crippen molar-refractivity contribution < 1.29 is 0 Å². The van der Waals surface area contributed by atoms with Crippen LogP contribution in [0.3, 0.4) is 0 Å². The van der Waals surface area contributed by atoms with Gasteiger partial charge < -0.3 is 5.32 Å². The molecule has 0 aliphatic heterocycles. The first-order valence-electron chi connectivity index (χ1n) is 5.47. The minimum absolute atomic E-state index is 0.441. The van der Waals surface area contributed by atoms with Crippen LogP contribution in [0.5, 0.6) is 0 Å². The van der Waals surface area contributed by atoms with Crippen LogP contribution in [0.25, 0.3) is 0 Å². The average molecular weight is 226 g/mol. The van der Waals surface area contributed by atoms with Crippen LogP contribution in [0.2, 0.25) is 0 Å². The fourth-order valence-corrected chi connectivity index (χ4v) is 1.71. The van der Waals surface area contributed by atoms with Gasteiger partial charge in [-0.15, -0.1) is 4.91 Å². The number of aryl methyl sites for hydroxylation is 2. The molecule has 0 amide bonds. The predicted octanol–water partition coefficient (Wildman–Crippen LogP) is 4.44. The fraction of sp³-hybridized carbons (Fsp3) is 0.143. The summed E-state index contributed by atoms with van der Waals surface area (Å²) >= 11 is 0. The molecule has 3 nitrogen and oxygen atoms in total. The second kappa shape index (κ2) is 4.78. The minimum atomic E-state index is 0.441. The lowest BCUT2D eigenvalue weighted by Gasteiger charge is -2.10. The molecule has 0 unspecified atom stereocenters. The van der Waals surface area contributed by atoms with Gasteiger partial charge in [-0.25, -0.2) is 0 Å². The number of hydrogen-bond donors (Lipinski definition) is 1. The Morgan fingerprint density at radius 3 is 2.29 bits per heavy atom. The summed E-state index contributed by atoms with van der Waals surface area (Å²) in [7, 11) is 0. The first kappa shape index (κ1) is 11.3. The standard InChI is InChI=1S/C14H14N2O/c1-10-3-8-14(11(2)9-10)15-12-4-6-13(16-17)7-5-12/h3-9,15H,1-2H3. The number of rotatable bonds is 3. The van der Waals surface area contributed by atoms with E-state index in [9.17, 15) is 4.91 Å². The Morgan fingerprint density at radius 2 is 1.71 bits per heavy atom. The topological polar surface area (TPSA) is 41.5 Å². The van der Waals surface area contributed by atoms with Crippen molar-refractivity contribution in [1.29, 1.82) is 0 Å². The van der Waals surface area contributed by atoms with Crippen LogP contribution >= 0.6 is 0 Å². The summed E-state index contributed by atoms with van der Waals surface area (Å²) in [6.45, 7) is 4.14. The van der Waals surface area contributed by atoms with E-state index in [0.29, 0.717) is 5.69 Å². The Bertz CT molecular complexity index is 532. The Hall–Kier alpha value is -2.16. The fourth-order valence-electron chi connectivity index (χ4n) is 1.71. The lowest BCUT2D eigenvalue weighted by Crippen LogP contribution is -1.92. The zero-order valence-corrected chi connectivity index (χ0v) is 9.90. The van der Waals surface area contributed by atoms with Crippen LogP contribution in [0.4, 0.5) is 17.1 Å². The summed E-state index contributed by atoms with van der Waals surface area (Å²) in [5, 5.41) is 6.18. The largest absolute Gasteiger partial charge is 0.355 e. The monoisotopic (exact) mass is 226 g/mol. The molecule has 2 aromatic rings. The molecule has 0 spiro atoms. The summed E-state index contributed by atoms with van der Waals surface area (Å²) < 4.78 is 0. The van der Waals surface area contributed by atoms with Gasteiger partial charge in [0.1, 0.15) is 5.69 Å². The third-order valence-corrected chi connectivity index (χ3v) is 2.63. The van der Waals surface area contributed by atoms with Gasteiger partial charge in [0.15, 0.2) is 0 Å². The van der Waals surface area contributed by atoms with E-state index < -0.39 is 0 Å². The predicted molar refractivity (Wildman–Crippen MR) is 71.1 cm³/mol. The smallest absolute Gasteiger partial charge is 0.108 e. The second-order valence-electron chi connectivity index (χ2n) is 4.08. The van der Waals surface area contributed by atoms with Crippen molar-refractivity contribution in [3.63, 3.8) is 0 Å². The number of nitrogens with one attached hydrogen (secondary N) is 1. The van der Waals surface area contributed by atoms with Crippen LogP contribution < -0.4 is 5.32 Å². The molecule has 0 radical (unpaired) electrons. The highest BCUT2D eigenvalue weighted by Gasteiger charge is 1.99. The maximum atomic E-state index is 10.3. The number of anilines is 2. The van der Waals surface area contributed by atoms with Crippen molar-refractivity contribution in [1.82, 2.24) is 0 Å². The van der Waals surface area contributed by atoms with Crippen LogP contribution in [-0.2, 0) is 0 Å². The maximum absolute atomic E-state index is 10.3. The van der Waals surface area contributed by atoms with Crippen LogP contribution in [-0.4, -0.2) is 0 Å². The van der Waals surface area contributed by atoms with Gasteiger partial charge in [-0.3, -0.25) is 0 Å². The summed E-state index contributed by atoms with van der Waals surface area (Å²) in [5.74, 6) is 0. The highest BCUT2D eigenvalue weighted by molar-refractivity contribution is 5.64. The number of benzene rings is 2. The van der Waals surface area contributed by atoms with Crippen molar-refractivity contribution in [2.45, 2.75) is 13.8 Å².